The van der Waals surface area contributed by atoms with E-state index in [0.717, 1.165) is 18.6 Å². The van der Waals surface area contributed by atoms with Crippen LogP contribution in [-0.2, 0) is 6.42 Å². The number of benzene rings is 1. The molecule has 0 amide bonds. The second-order valence-corrected chi connectivity index (χ2v) is 8.26. The lowest BCUT2D eigenvalue weighted by Gasteiger charge is -2.52. The lowest BCUT2D eigenvalue weighted by Crippen LogP contribution is -2.45. The molecule has 24 heavy (non-hydrogen) atoms. The summed E-state index contributed by atoms with van der Waals surface area (Å²) in [6, 6.07) is 9.26. The minimum Gasteiger partial charge on any atom is -0.497 e. The van der Waals surface area contributed by atoms with E-state index < -0.39 is 0 Å². The quantitative estimate of drug-likeness (QED) is 0.710. The molecule has 2 saturated carbocycles. The highest BCUT2D eigenvalue weighted by atomic mass is 16.5. The molecule has 0 saturated heterocycles. The molecule has 6 atom stereocenters. The number of nitriles is 1. The van der Waals surface area contributed by atoms with E-state index in [1.54, 1.807) is 7.11 Å². The third-order valence-corrected chi connectivity index (χ3v) is 7.49. The first kappa shape index (κ1) is 15.8. The van der Waals surface area contributed by atoms with Crippen LogP contribution in [0.3, 0.4) is 0 Å². The van der Waals surface area contributed by atoms with E-state index in [9.17, 15) is 5.26 Å². The Bertz CT molecular complexity index is 702. The highest BCUT2D eigenvalue weighted by Crippen LogP contribution is 2.64. The van der Waals surface area contributed by atoms with E-state index in [2.05, 4.69) is 43.8 Å². The van der Waals surface area contributed by atoms with Gasteiger partial charge >= 0.3 is 0 Å². The van der Waals surface area contributed by atoms with Gasteiger partial charge in [0.2, 0.25) is 0 Å². The van der Waals surface area contributed by atoms with Crippen molar-refractivity contribution in [3.63, 3.8) is 0 Å². The zero-order valence-corrected chi connectivity index (χ0v) is 14.8. The molecule has 0 spiro atoms. The molecule has 0 radical (unpaired) electrons. The molecular formula is C22H27NO. The number of nitrogens with zero attached hydrogens (tertiary/aromatic N) is 1. The zero-order chi connectivity index (χ0) is 16.9. The molecule has 0 N–H and O–H groups in total. The van der Waals surface area contributed by atoms with Crippen LogP contribution in [0, 0.1) is 40.4 Å². The lowest BCUT2D eigenvalue weighted by atomic mass is 9.51. The average Bonchev–Trinajstić information content (AvgIpc) is 2.96. The molecular weight excluding hydrogens is 294 g/mol. The van der Waals surface area contributed by atoms with E-state index in [1.165, 1.54) is 30.4 Å². The van der Waals surface area contributed by atoms with Gasteiger partial charge in [-0.2, -0.15) is 5.26 Å². The van der Waals surface area contributed by atoms with Crippen LogP contribution in [0.15, 0.2) is 30.9 Å². The van der Waals surface area contributed by atoms with E-state index in [1.807, 2.05) is 0 Å². The predicted molar refractivity (Wildman–Crippen MR) is 95.8 cm³/mol. The standard InChI is InChI=1S/C22H27NO/c1-4-14-11-15-12-17(24-3)6-7-18(15)19-9-10-22(2)16(13-23)5-8-20(22)21(14)19/h4,6-7,12,14,16,19-21H,1,5,8-11H2,2-3H3/t14-,16+,19-,20-,21-,22-/m1/s1. The van der Waals surface area contributed by atoms with Gasteiger partial charge in [-0.05, 0) is 84.5 Å². The van der Waals surface area contributed by atoms with Gasteiger partial charge in [0.05, 0.1) is 19.1 Å². The summed E-state index contributed by atoms with van der Waals surface area (Å²) < 4.78 is 5.44. The van der Waals surface area contributed by atoms with Crippen molar-refractivity contribution in [1.82, 2.24) is 0 Å². The third kappa shape index (κ3) is 2.07. The van der Waals surface area contributed by atoms with Gasteiger partial charge in [0, 0.05) is 0 Å². The van der Waals surface area contributed by atoms with Crippen LogP contribution in [0.1, 0.15) is 49.7 Å². The second-order valence-electron chi connectivity index (χ2n) is 8.26. The summed E-state index contributed by atoms with van der Waals surface area (Å²) in [5.41, 5.74) is 3.18. The maximum Gasteiger partial charge on any atom is 0.119 e. The summed E-state index contributed by atoms with van der Waals surface area (Å²) in [4.78, 5) is 0. The van der Waals surface area contributed by atoms with Gasteiger partial charge < -0.3 is 4.74 Å². The Morgan fingerprint density at radius 2 is 2.17 bits per heavy atom. The maximum absolute atomic E-state index is 9.62. The Morgan fingerprint density at radius 3 is 2.88 bits per heavy atom. The van der Waals surface area contributed by atoms with E-state index in [-0.39, 0.29) is 11.3 Å². The minimum absolute atomic E-state index is 0.209. The van der Waals surface area contributed by atoms with Crippen LogP contribution in [-0.4, -0.2) is 7.11 Å². The van der Waals surface area contributed by atoms with Gasteiger partial charge in [0.1, 0.15) is 5.75 Å². The molecule has 0 unspecified atom stereocenters. The summed E-state index contributed by atoms with van der Waals surface area (Å²) in [6.07, 6.45) is 7.95. The first-order valence-electron chi connectivity index (χ1n) is 9.31. The fraction of sp³-hybridized carbons (Fsp3) is 0.591. The third-order valence-electron chi connectivity index (χ3n) is 7.49. The molecule has 3 aliphatic rings. The first-order valence-corrected chi connectivity index (χ1v) is 9.31. The van der Waals surface area contributed by atoms with E-state index >= 15 is 0 Å². The van der Waals surface area contributed by atoms with Gasteiger partial charge in [-0.25, -0.2) is 0 Å². The predicted octanol–water partition coefficient (Wildman–Crippen LogP) is 5.10. The molecule has 0 aliphatic heterocycles. The van der Waals surface area contributed by atoms with Crippen LogP contribution >= 0.6 is 0 Å². The van der Waals surface area contributed by atoms with Crippen LogP contribution in [0.2, 0.25) is 0 Å². The van der Waals surface area contributed by atoms with Gasteiger partial charge in [-0.3, -0.25) is 0 Å². The highest BCUT2D eigenvalue weighted by Gasteiger charge is 2.56. The molecule has 2 nitrogen and oxygen atoms in total. The van der Waals surface area contributed by atoms with Gasteiger partial charge in [-0.1, -0.05) is 19.1 Å². The Balaban J connectivity index is 1.76. The van der Waals surface area contributed by atoms with Crippen molar-refractivity contribution < 1.29 is 4.74 Å². The van der Waals surface area contributed by atoms with Crippen molar-refractivity contribution in [3.05, 3.63) is 42.0 Å². The largest absolute Gasteiger partial charge is 0.497 e. The van der Waals surface area contributed by atoms with Crippen LogP contribution in [0.4, 0.5) is 0 Å². The van der Waals surface area contributed by atoms with Crippen molar-refractivity contribution >= 4 is 0 Å². The normalized spacial score (nSPS) is 40.0. The maximum atomic E-state index is 9.62. The summed E-state index contributed by atoms with van der Waals surface area (Å²) in [7, 11) is 1.74. The summed E-state index contributed by atoms with van der Waals surface area (Å²) >= 11 is 0. The Hall–Kier alpha value is -1.75. The van der Waals surface area contributed by atoms with Crippen molar-refractivity contribution in [3.8, 4) is 11.8 Å². The molecule has 0 aromatic heterocycles. The number of methoxy groups -OCH3 is 1. The molecule has 1 aromatic carbocycles. The fourth-order valence-electron chi connectivity index (χ4n) is 6.24. The molecule has 2 fully saturated rings. The monoisotopic (exact) mass is 321 g/mol. The number of fused-ring (bicyclic) bond motifs is 5. The number of hydrogen-bond acceptors (Lipinski definition) is 2. The molecule has 0 bridgehead atoms. The number of allylic oxidation sites excluding steroid dienone is 1. The van der Waals surface area contributed by atoms with Gasteiger partial charge in [-0.15, -0.1) is 6.58 Å². The van der Waals surface area contributed by atoms with Crippen LogP contribution < -0.4 is 4.74 Å². The molecule has 2 heteroatoms. The van der Waals surface area contributed by atoms with Crippen LogP contribution in [0.5, 0.6) is 5.75 Å². The number of rotatable bonds is 2. The first-order chi connectivity index (χ1) is 11.6. The Kier molecular flexibility index (Phi) is 3.71. The topological polar surface area (TPSA) is 33.0 Å². The molecule has 126 valence electrons. The summed E-state index contributed by atoms with van der Waals surface area (Å²) in [6.45, 7) is 6.56. The van der Waals surface area contributed by atoms with Gasteiger partial charge in [0.15, 0.2) is 0 Å². The summed E-state index contributed by atoms with van der Waals surface area (Å²) in [5, 5.41) is 9.62. The fourth-order valence-corrected chi connectivity index (χ4v) is 6.24. The van der Waals surface area contributed by atoms with Crippen LogP contribution in [0.25, 0.3) is 0 Å². The van der Waals surface area contributed by atoms with Gasteiger partial charge in [0.25, 0.3) is 0 Å². The minimum atomic E-state index is 0.209. The smallest absolute Gasteiger partial charge is 0.119 e. The lowest BCUT2D eigenvalue weighted by molar-refractivity contribution is 0.0244. The van der Waals surface area contributed by atoms with Crippen molar-refractivity contribution in [1.29, 1.82) is 5.26 Å². The van der Waals surface area contributed by atoms with E-state index in [0.29, 0.717) is 23.7 Å². The second kappa shape index (κ2) is 5.66. The molecule has 0 heterocycles. The van der Waals surface area contributed by atoms with Crippen molar-refractivity contribution in [2.24, 2.45) is 29.1 Å². The Labute approximate surface area is 145 Å². The average molecular weight is 321 g/mol. The summed E-state index contributed by atoms with van der Waals surface area (Å²) in [5.74, 6) is 3.67. The van der Waals surface area contributed by atoms with E-state index in [4.69, 9.17) is 4.74 Å². The molecule has 4 rings (SSSR count). The SMILES string of the molecule is C=C[C@@H]1Cc2cc(OC)ccc2[C@H]2CC[C@]3(C)[C@H](C#N)CC[C@@H]3[C@H]12. The Morgan fingerprint density at radius 1 is 1.33 bits per heavy atom. The van der Waals surface area contributed by atoms with Crippen molar-refractivity contribution in [2.75, 3.05) is 7.11 Å². The molecule has 1 aromatic rings. The zero-order valence-electron chi connectivity index (χ0n) is 14.8. The molecule has 3 aliphatic carbocycles. The highest BCUT2D eigenvalue weighted by molar-refractivity contribution is 5.42. The number of hydrogen-bond donors (Lipinski definition) is 0. The van der Waals surface area contributed by atoms with Crippen molar-refractivity contribution in [2.45, 2.75) is 44.9 Å². The number of ether oxygens (including phenoxy) is 1.